The molecule has 0 unspecified atom stereocenters. The zero-order valence-electron chi connectivity index (χ0n) is 15.9. The van der Waals surface area contributed by atoms with E-state index in [1.807, 2.05) is 24.0 Å². The van der Waals surface area contributed by atoms with Gasteiger partial charge in [-0.1, -0.05) is 12.1 Å². The second-order valence-electron chi connectivity index (χ2n) is 6.71. The van der Waals surface area contributed by atoms with E-state index in [1.54, 1.807) is 36.8 Å². The van der Waals surface area contributed by atoms with E-state index in [0.29, 0.717) is 13.1 Å². The van der Waals surface area contributed by atoms with Gasteiger partial charge < -0.3 is 14.2 Å². The largest absolute Gasteiger partial charge is 0.468 e. The Labute approximate surface area is 169 Å². The van der Waals surface area contributed by atoms with Gasteiger partial charge in [0.15, 0.2) is 0 Å². The average molecular weight is 417 g/mol. The van der Waals surface area contributed by atoms with Crippen LogP contribution in [-0.4, -0.2) is 25.8 Å². The third-order valence-electron chi connectivity index (χ3n) is 4.37. The summed E-state index contributed by atoms with van der Waals surface area (Å²) in [6, 6.07) is 13.1. The quantitative estimate of drug-likeness (QED) is 0.552. The number of primary sulfonamides is 1. The number of carbonyl (C=O) groups excluding carboxylic acids is 1. The van der Waals surface area contributed by atoms with Gasteiger partial charge in [-0.2, -0.15) is 0 Å². The number of furan rings is 2. The number of hydrogen-bond acceptors (Lipinski definition) is 6. The minimum absolute atomic E-state index is 0.0304. The third kappa shape index (κ3) is 6.05. The van der Waals surface area contributed by atoms with Crippen LogP contribution in [0, 0.1) is 0 Å². The highest BCUT2D eigenvalue weighted by Crippen LogP contribution is 2.16. The molecule has 0 radical (unpaired) electrons. The number of amides is 1. The average Bonchev–Trinajstić information content (AvgIpc) is 3.35. The number of rotatable bonds is 9. The van der Waals surface area contributed by atoms with E-state index < -0.39 is 10.0 Å². The van der Waals surface area contributed by atoms with Crippen LogP contribution in [0.15, 0.2) is 74.8 Å². The van der Waals surface area contributed by atoms with E-state index in [0.717, 1.165) is 17.1 Å². The van der Waals surface area contributed by atoms with E-state index in [9.17, 15) is 13.2 Å². The van der Waals surface area contributed by atoms with Crippen LogP contribution >= 0.6 is 0 Å². The van der Waals surface area contributed by atoms with Gasteiger partial charge in [0.2, 0.25) is 15.9 Å². The van der Waals surface area contributed by atoms with Gasteiger partial charge in [-0.05, 0) is 48.9 Å². The molecule has 0 aliphatic carbocycles. The zero-order valence-corrected chi connectivity index (χ0v) is 16.8. The number of nitrogens with one attached hydrogen (secondary N) is 1. The topological polar surface area (TPSA) is 119 Å². The molecule has 3 aromatic rings. The smallest absolute Gasteiger partial charge is 0.238 e. The molecule has 3 N–H and O–H groups in total. The van der Waals surface area contributed by atoms with Crippen molar-refractivity contribution in [2.75, 3.05) is 6.54 Å². The highest BCUT2D eigenvalue weighted by atomic mass is 32.2. The van der Waals surface area contributed by atoms with Gasteiger partial charge in [-0.15, -0.1) is 0 Å². The molecule has 0 saturated heterocycles. The van der Waals surface area contributed by atoms with Crippen molar-refractivity contribution in [1.82, 2.24) is 10.2 Å². The summed E-state index contributed by atoms with van der Waals surface area (Å²) in [5, 5.41) is 8.03. The summed E-state index contributed by atoms with van der Waals surface area (Å²) in [5.74, 6) is 1.32. The summed E-state index contributed by atoms with van der Waals surface area (Å²) in [4.78, 5) is 14.5. The molecule has 0 bridgehead atoms. The number of sulfonamides is 1. The fourth-order valence-corrected chi connectivity index (χ4v) is 3.45. The Morgan fingerprint density at radius 1 is 1.03 bits per heavy atom. The summed E-state index contributed by atoms with van der Waals surface area (Å²) >= 11 is 0. The Balaban J connectivity index is 1.62. The predicted molar refractivity (Wildman–Crippen MR) is 106 cm³/mol. The lowest BCUT2D eigenvalue weighted by Crippen LogP contribution is -2.37. The Hall–Kier alpha value is -2.88. The molecule has 8 nitrogen and oxygen atoms in total. The maximum absolute atomic E-state index is 12.6. The molecular formula is C20H23N3O5S. The maximum Gasteiger partial charge on any atom is 0.238 e. The van der Waals surface area contributed by atoms with Crippen molar-refractivity contribution in [2.45, 2.75) is 31.0 Å². The summed E-state index contributed by atoms with van der Waals surface area (Å²) in [6.45, 7) is 2.88. The Morgan fingerprint density at radius 2 is 1.59 bits per heavy atom. The van der Waals surface area contributed by atoms with Crippen LogP contribution < -0.4 is 10.5 Å². The van der Waals surface area contributed by atoms with Crippen molar-refractivity contribution in [2.24, 2.45) is 5.14 Å². The number of benzene rings is 1. The summed E-state index contributed by atoms with van der Waals surface area (Å²) in [6.07, 6.45) is 3.18. The van der Waals surface area contributed by atoms with Gasteiger partial charge in [0.1, 0.15) is 11.5 Å². The SMILES string of the molecule is C[C@@H](NC(=O)CN(Cc1ccco1)Cc1ccco1)c1ccc(S(N)(=O)=O)cc1. The molecule has 0 aliphatic heterocycles. The molecule has 0 fully saturated rings. The monoisotopic (exact) mass is 417 g/mol. The lowest BCUT2D eigenvalue weighted by Gasteiger charge is -2.21. The summed E-state index contributed by atoms with van der Waals surface area (Å²) < 4.78 is 33.5. The number of nitrogens with two attached hydrogens (primary N) is 1. The fraction of sp³-hybridized carbons (Fsp3) is 0.250. The molecule has 3 rings (SSSR count). The van der Waals surface area contributed by atoms with Gasteiger partial charge in [-0.3, -0.25) is 9.69 Å². The van der Waals surface area contributed by atoms with Crippen LogP contribution in [0.2, 0.25) is 0 Å². The molecule has 0 spiro atoms. The Kier molecular flexibility index (Phi) is 6.53. The van der Waals surface area contributed by atoms with Gasteiger partial charge in [-0.25, -0.2) is 13.6 Å². The molecule has 2 heterocycles. The molecule has 9 heteroatoms. The first-order valence-electron chi connectivity index (χ1n) is 9.00. The first-order valence-corrected chi connectivity index (χ1v) is 10.5. The Bertz CT molecular complexity index is 977. The number of carbonyl (C=O) groups is 1. The van der Waals surface area contributed by atoms with Crippen molar-refractivity contribution in [1.29, 1.82) is 0 Å². The molecule has 29 heavy (non-hydrogen) atoms. The van der Waals surface area contributed by atoms with Crippen molar-refractivity contribution in [3.05, 3.63) is 78.1 Å². The first kappa shape index (κ1) is 20.8. The van der Waals surface area contributed by atoms with Gasteiger partial charge in [0.25, 0.3) is 0 Å². The molecule has 1 atom stereocenters. The summed E-state index contributed by atoms with van der Waals surface area (Å²) in [7, 11) is -3.75. The molecule has 0 aliphatic rings. The van der Waals surface area contributed by atoms with Gasteiger partial charge >= 0.3 is 0 Å². The van der Waals surface area contributed by atoms with Gasteiger partial charge in [0.05, 0.1) is 43.1 Å². The van der Waals surface area contributed by atoms with Crippen molar-refractivity contribution in [3.8, 4) is 0 Å². The Morgan fingerprint density at radius 3 is 2.03 bits per heavy atom. The van der Waals surface area contributed by atoms with E-state index in [2.05, 4.69) is 5.32 Å². The van der Waals surface area contributed by atoms with E-state index >= 15 is 0 Å². The van der Waals surface area contributed by atoms with Crippen LogP contribution in [0.1, 0.15) is 30.0 Å². The maximum atomic E-state index is 12.6. The predicted octanol–water partition coefficient (Wildman–Crippen LogP) is 2.40. The molecule has 2 aromatic heterocycles. The van der Waals surface area contributed by atoms with Crippen LogP contribution in [-0.2, 0) is 27.9 Å². The van der Waals surface area contributed by atoms with E-state index in [1.165, 1.54) is 12.1 Å². The highest BCUT2D eigenvalue weighted by Gasteiger charge is 2.17. The first-order chi connectivity index (χ1) is 13.8. The van der Waals surface area contributed by atoms with Crippen molar-refractivity contribution >= 4 is 15.9 Å². The standard InChI is InChI=1S/C20H23N3O5S/c1-15(16-6-8-19(9-7-16)29(21,25)26)22-20(24)14-23(12-17-4-2-10-27-17)13-18-5-3-11-28-18/h2-11,15H,12-14H2,1H3,(H,22,24)(H2,21,25,26)/t15-/m1/s1. The molecular weight excluding hydrogens is 394 g/mol. The normalized spacial score (nSPS) is 12.8. The minimum Gasteiger partial charge on any atom is -0.468 e. The van der Waals surface area contributed by atoms with Gasteiger partial charge in [0, 0.05) is 0 Å². The summed E-state index contributed by atoms with van der Waals surface area (Å²) in [5.41, 5.74) is 0.773. The lowest BCUT2D eigenvalue weighted by molar-refractivity contribution is -0.123. The second-order valence-corrected chi connectivity index (χ2v) is 8.27. The van der Waals surface area contributed by atoms with Crippen LogP contribution in [0.5, 0.6) is 0 Å². The van der Waals surface area contributed by atoms with Crippen LogP contribution in [0.25, 0.3) is 0 Å². The molecule has 1 aromatic carbocycles. The number of nitrogens with zero attached hydrogens (tertiary/aromatic N) is 1. The van der Waals surface area contributed by atoms with E-state index in [4.69, 9.17) is 14.0 Å². The van der Waals surface area contributed by atoms with Crippen molar-refractivity contribution < 1.29 is 22.0 Å². The second kappa shape index (κ2) is 9.08. The van der Waals surface area contributed by atoms with Crippen molar-refractivity contribution in [3.63, 3.8) is 0 Å². The van der Waals surface area contributed by atoms with Crippen LogP contribution in [0.3, 0.4) is 0 Å². The third-order valence-corrected chi connectivity index (χ3v) is 5.30. The molecule has 1 amide bonds. The molecule has 0 saturated carbocycles. The minimum atomic E-state index is -3.75. The fourth-order valence-electron chi connectivity index (χ4n) is 2.93. The lowest BCUT2D eigenvalue weighted by atomic mass is 10.1. The molecule has 154 valence electrons. The number of hydrogen-bond donors (Lipinski definition) is 2. The highest BCUT2D eigenvalue weighted by molar-refractivity contribution is 7.89. The van der Waals surface area contributed by atoms with E-state index in [-0.39, 0.29) is 23.4 Å². The zero-order chi connectivity index (χ0) is 20.9. The van der Waals surface area contributed by atoms with Crippen LogP contribution in [0.4, 0.5) is 0 Å².